The summed E-state index contributed by atoms with van der Waals surface area (Å²) in [5.41, 5.74) is -1.92. The van der Waals surface area contributed by atoms with Crippen LogP contribution in [0.4, 0.5) is 37.7 Å². The van der Waals surface area contributed by atoms with Crippen LogP contribution in [0.1, 0.15) is 53.6 Å². The van der Waals surface area contributed by atoms with E-state index in [4.69, 9.17) is 16.3 Å². The molecule has 6 rings (SSSR count). The van der Waals surface area contributed by atoms with Crippen LogP contribution in [0, 0.1) is 0 Å². The summed E-state index contributed by atoms with van der Waals surface area (Å²) < 4.78 is 86.6. The lowest BCUT2D eigenvalue weighted by atomic mass is 9.97. The van der Waals surface area contributed by atoms with Gasteiger partial charge in [0.1, 0.15) is 24.3 Å². The van der Waals surface area contributed by atoms with E-state index >= 15 is 0 Å². The van der Waals surface area contributed by atoms with Crippen LogP contribution >= 0.6 is 11.6 Å². The highest BCUT2D eigenvalue weighted by Gasteiger charge is 2.34. The fraction of sp³-hybridized carbons (Fsp3) is 0.455. The summed E-state index contributed by atoms with van der Waals surface area (Å²) in [6.07, 6.45) is -4.45. The number of amides is 2. The number of hydrogen-bond acceptors (Lipinski definition) is 8. The number of piperazine rings is 1. The molecule has 2 amide bonds. The van der Waals surface area contributed by atoms with Crippen molar-refractivity contribution in [2.75, 3.05) is 43.5 Å². The molecule has 2 aliphatic rings. The van der Waals surface area contributed by atoms with E-state index in [0.717, 1.165) is 28.4 Å². The van der Waals surface area contributed by atoms with E-state index < -0.39 is 59.5 Å². The Labute approximate surface area is 306 Å². The standard InChI is InChI=1S/C33H34ClF6N9O5/c1-3-24-26(45-10-12-46(13-11-45)28(51)21-15-41-48(29(21)52)17-32(35,36)37)30(53)49-31(43-27(44-49)18-4-7-20(54-2)8-5-18)47(24)16-25(50)42-23-9-6-19(14-22(23)34)33(38,39)40/h4,6,9,14-15,20,41H,3,5,7-8,10-13,16-17H2,1-2H3,(H,42,50). The number of carbonyl (C=O) groups is 2. The minimum absolute atomic E-state index is 0.00752. The maximum atomic E-state index is 14.2. The van der Waals surface area contributed by atoms with Gasteiger partial charge < -0.3 is 29.5 Å². The van der Waals surface area contributed by atoms with Crippen LogP contribution < -0.4 is 21.3 Å². The van der Waals surface area contributed by atoms with Crippen LogP contribution in [-0.2, 0) is 35.2 Å². The Morgan fingerprint density at radius 2 is 1.80 bits per heavy atom. The molecule has 54 heavy (non-hydrogen) atoms. The molecule has 0 saturated carbocycles. The zero-order valence-electron chi connectivity index (χ0n) is 28.9. The molecule has 0 bridgehead atoms. The molecule has 2 N–H and O–H groups in total. The molecule has 1 aliphatic carbocycles. The van der Waals surface area contributed by atoms with Crippen molar-refractivity contribution < 1.29 is 40.7 Å². The molecule has 14 nitrogen and oxygen atoms in total. The number of anilines is 2. The number of hydrogen-bond donors (Lipinski definition) is 2. The Balaban J connectivity index is 1.32. The molecule has 1 atom stereocenters. The first-order valence-corrected chi connectivity index (χ1v) is 17.2. The molecule has 1 unspecified atom stereocenters. The molecule has 21 heteroatoms. The van der Waals surface area contributed by atoms with E-state index in [0.29, 0.717) is 35.7 Å². The maximum Gasteiger partial charge on any atom is 0.416 e. The fourth-order valence-electron chi connectivity index (χ4n) is 6.58. The number of nitrogens with zero attached hydrogens (tertiary/aromatic N) is 7. The molecule has 4 heterocycles. The van der Waals surface area contributed by atoms with E-state index in [9.17, 15) is 45.5 Å². The van der Waals surface area contributed by atoms with Crippen LogP contribution in [0.25, 0.3) is 11.4 Å². The van der Waals surface area contributed by atoms with Crippen molar-refractivity contribution in [3.05, 3.63) is 78.8 Å². The third-order valence-electron chi connectivity index (χ3n) is 9.31. The molecule has 1 saturated heterocycles. The van der Waals surface area contributed by atoms with Gasteiger partial charge in [-0.1, -0.05) is 24.6 Å². The van der Waals surface area contributed by atoms with Gasteiger partial charge in [0.05, 0.1) is 28.1 Å². The lowest BCUT2D eigenvalue weighted by Gasteiger charge is -2.36. The predicted molar refractivity (Wildman–Crippen MR) is 184 cm³/mol. The van der Waals surface area contributed by atoms with Gasteiger partial charge in [0.25, 0.3) is 17.0 Å². The van der Waals surface area contributed by atoms with Gasteiger partial charge in [-0.3, -0.25) is 19.2 Å². The van der Waals surface area contributed by atoms with E-state index in [1.54, 1.807) is 18.9 Å². The number of halogens is 7. The van der Waals surface area contributed by atoms with Crippen molar-refractivity contribution in [3.63, 3.8) is 0 Å². The fourth-order valence-corrected chi connectivity index (χ4v) is 6.81. The normalized spacial score (nSPS) is 16.9. The summed E-state index contributed by atoms with van der Waals surface area (Å²) in [4.78, 5) is 61.1. The second-order valence-electron chi connectivity index (χ2n) is 12.8. The van der Waals surface area contributed by atoms with Crippen LogP contribution in [-0.4, -0.2) is 91.2 Å². The number of rotatable bonds is 9. The van der Waals surface area contributed by atoms with Crippen LogP contribution in [0.15, 0.2) is 40.1 Å². The Morgan fingerprint density at radius 1 is 1.07 bits per heavy atom. The number of H-pyrrole nitrogens is 1. The molecule has 290 valence electrons. The van der Waals surface area contributed by atoms with E-state index in [1.165, 1.54) is 9.47 Å². The lowest BCUT2D eigenvalue weighted by molar-refractivity contribution is -0.143. The average Bonchev–Trinajstić information content (AvgIpc) is 3.73. The zero-order chi connectivity index (χ0) is 39.1. The highest BCUT2D eigenvalue weighted by Crippen LogP contribution is 2.34. The van der Waals surface area contributed by atoms with Gasteiger partial charge >= 0.3 is 12.4 Å². The van der Waals surface area contributed by atoms with Crippen molar-refractivity contribution in [1.29, 1.82) is 0 Å². The average molecular weight is 786 g/mol. The SMILES string of the molecule is CCc1c(N2CCN(C(=O)c3c[nH]n(CC(F)(F)F)c3=O)CC2)c(=O)n2nc(C3=CCC(OC)CC3)nc2n1CC(=O)Nc1ccc(C(F)(F)F)cc1Cl. The number of methoxy groups -OCH3 is 1. The van der Waals surface area contributed by atoms with Gasteiger partial charge in [-0.25, -0.2) is 4.68 Å². The molecule has 0 radical (unpaired) electrons. The maximum absolute atomic E-state index is 14.2. The van der Waals surface area contributed by atoms with Crippen LogP contribution in [0.3, 0.4) is 0 Å². The summed E-state index contributed by atoms with van der Waals surface area (Å²) in [6, 6.07) is 2.51. The summed E-state index contributed by atoms with van der Waals surface area (Å²) in [6.45, 7) is -0.168. The number of allylic oxidation sites excluding steroid dienone is 1. The lowest BCUT2D eigenvalue weighted by Crippen LogP contribution is -2.51. The van der Waals surface area contributed by atoms with Crippen molar-refractivity contribution in [3.8, 4) is 0 Å². The minimum Gasteiger partial charge on any atom is -0.381 e. The largest absolute Gasteiger partial charge is 0.416 e. The molecule has 3 aromatic heterocycles. The van der Waals surface area contributed by atoms with Gasteiger partial charge in [-0.05, 0) is 49.5 Å². The molecule has 1 fully saturated rings. The van der Waals surface area contributed by atoms with E-state index in [1.807, 2.05) is 6.08 Å². The molecule has 1 aliphatic heterocycles. The quantitative estimate of drug-likeness (QED) is 0.238. The van der Waals surface area contributed by atoms with Crippen molar-refractivity contribution in [1.82, 2.24) is 33.8 Å². The summed E-state index contributed by atoms with van der Waals surface area (Å²) in [5.74, 6) is -1.17. The summed E-state index contributed by atoms with van der Waals surface area (Å²) >= 11 is 6.10. The molecular weight excluding hydrogens is 752 g/mol. The number of fused-ring (bicyclic) bond motifs is 1. The first-order valence-electron chi connectivity index (χ1n) is 16.8. The van der Waals surface area contributed by atoms with Gasteiger partial charge in [-0.2, -0.15) is 35.8 Å². The second kappa shape index (κ2) is 15.0. The van der Waals surface area contributed by atoms with Gasteiger partial charge in [0.2, 0.25) is 11.7 Å². The highest BCUT2D eigenvalue weighted by molar-refractivity contribution is 6.33. The summed E-state index contributed by atoms with van der Waals surface area (Å²) in [5, 5.41) is 8.90. The predicted octanol–water partition coefficient (Wildman–Crippen LogP) is 4.36. The number of carbonyl (C=O) groups excluding carboxylic acids is 2. The Bertz CT molecular complexity index is 2230. The van der Waals surface area contributed by atoms with Crippen LogP contribution in [0.2, 0.25) is 5.02 Å². The highest BCUT2D eigenvalue weighted by atomic mass is 35.5. The Hall–Kier alpha value is -5.11. The Kier molecular flexibility index (Phi) is 10.7. The van der Waals surface area contributed by atoms with Gasteiger partial charge in [0.15, 0.2) is 5.82 Å². The van der Waals surface area contributed by atoms with Crippen molar-refractivity contribution >= 4 is 46.1 Å². The number of alkyl halides is 6. The Morgan fingerprint density at radius 3 is 2.39 bits per heavy atom. The first-order chi connectivity index (χ1) is 25.5. The van der Waals surface area contributed by atoms with E-state index in [-0.39, 0.29) is 66.7 Å². The zero-order valence-corrected chi connectivity index (χ0v) is 29.6. The molecule has 4 aromatic rings. The third kappa shape index (κ3) is 7.89. The third-order valence-corrected chi connectivity index (χ3v) is 9.62. The monoisotopic (exact) mass is 785 g/mol. The molecule has 0 spiro atoms. The van der Waals surface area contributed by atoms with Gasteiger partial charge in [0, 0.05) is 39.5 Å². The number of nitrogens with one attached hydrogen (secondary N) is 2. The van der Waals surface area contributed by atoms with Gasteiger partial charge in [-0.15, -0.1) is 5.10 Å². The molecular formula is C33H34ClF6N9O5. The number of benzene rings is 1. The van der Waals surface area contributed by atoms with Crippen molar-refractivity contribution in [2.24, 2.45) is 0 Å². The van der Waals surface area contributed by atoms with Crippen LogP contribution in [0.5, 0.6) is 0 Å². The van der Waals surface area contributed by atoms with E-state index in [2.05, 4.69) is 20.5 Å². The minimum atomic E-state index is -4.69. The number of aromatic nitrogens is 6. The summed E-state index contributed by atoms with van der Waals surface area (Å²) in [7, 11) is 1.61. The number of aromatic amines is 1. The smallest absolute Gasteiger partial charge is 0.381 e. The topological polar surface area (TPSA) is 152 Å². The molecule has 1 aromatic carbocycles. The van der Waals surface area contributed by atoms with Crippen molar-refractivity contribution in [2.45, 2.75) is 64.2 Å². The first kappa shape index (κ1) is 38.6. The second-order valence-corrected chi connectivity index (χ2v) is 13.2. The number of ether oxygens (including phenoxy) is 1.